The van der Waals surface area contributed by atoms with Crippen molar-refractivity contribution in [2.24, 2.45) is 11.7 Å². The zero-order valence-corrected chi connectivity index (χ0v) is 17.2. The minimum absolute atomic E-state index is 0.0310. The molecule has 0 saturated heterocycles. The maximum absolute atomic E-state index is 13.3. The third-order valence-corrected chi connectivity index (χ3v) is 4.72. The predicted molar refractivity (Wildman–Crippen MR) is 110 cm³/mol. The van der Waals surface area contributed by atoms with Crippen molar-refractivity contribution >= 4 is 5.97 Å². The number of carbonyl (C=O) groups excluding carboxylic acids is 1. The Morgan fingerprint density at radius 2 is 1.72 bits per heavy atom. The molecule has 158 valence electrons. The molecule has 0 aromatic heterocycles. The Balaban J connectivity index is 2.27. The molecule has 0 bridgehead atoms. The smallest absolute Gasteiger partial charge is 0.323 e. The maximum atomic E-state index is 13.3. The van der Waals surface area contributed by atoms with Crippen LogP contribution in [0.3, 0.4) is 0 Å². The van der Waals surface area contributed by atoms with E-state index in [0.29, 0.717) is 25.2 Å². The second kappa shape index (κ2) is 11.5. The Morgan fingerprint density at radius 1 is 1.07 bits per heavy atom. The Kier molecular flexibility index (Phi) is 9.09. The van der Waals surface area contributed by atoms with Crippen LogP contribution < -0.4 is 10.5 Å². The summed E-state index contributed by atoms with van der Waals surface area (Å²) in [6.45, 7) is 3.91. The van der Waals surface area contributed by atoms with Gasteiger partial charge in [0.05, 0.1) is 0 Å². The molecule has 0 unspecified atom stereocenters. The summed E-state index contributed by atoms with van der Waals surface area (Å²) in [4.78, 5) is 12.1. The quantitative estimate of drug-likeness (QED) is 0.579. The summed E-state index contributed by atoms with van der Waals surface area (Å²) in [6, 6.07) is 15.1. The van der Waals surface area contributed by atoms with Crippen molar-refractivity contribution in [2.75, 3.05) is 13.7 Å². The average Bonchev–Trinajstić information content (AvgIpc) is 2.71. The van der Waals surface area contributed by atoms with Gasteiger partial charge >= 0.3 is 5.97 Å². The monoisotopic (exact) mass is 403 g/mol. The third kappa shape index (κ3) is 7.48. The van der Waals surface area contributed by atoms with Crippen molar-refractivity contribution < 1.29 is 23.4 Å². The molecule has 0 aliphatic heterocycles. The lowest BCUT2D eigenvalue weighted by Crippen LogP contribution is -2.43. The van der Waals surface area contributed by atoms with E-state index in [1.54, 1.807) is 33.1 Å². The van der Waals surface area contributed by atoms with Gasteiger partial charge in [0.2, 0.25) is 0 Å². The van der Waals surface area contributed by atoms with Crippen LogP contribution in [0, 0.1) is 11.7 Å². The molecule has 4 atom stereocenters. The standard InChI is InChI=1S/C23H30FNO4/c1-16(25)23(26)28-17(2)22(29-21-7-5-4-6-8-21)19(13-14-27-3)15-18-9-11-20(24)12-10-18/h4-12,16-17,19,22H,13-15,25H2,1-3H3/t16-,17-,19+,22-/m0/s1. The normalized spacial score (nSPS) is 15.2. The highest BCUT2D eigenvalue weighted by Crippen LogP contribution is 2.26. The second-order valence-electron chi connectivity index (χ2n) is 7.20. The first-order valence-electron chi connectivity index (χ1n) is 9.82. The topological polar surface area (TPSA) is 70.8 Å². The van der Waals surface area contributed by atoms with Crippen LogP contribution in [-0.4, -0.2) is 37.9 Å². The number of carbonyl (C=O) groups is 1. The lowest BCUT2D eigenvalue weighted by Gasteiger charge is -2.32. The summed E-state index contributed by atoms with van der Waals surface area (Å²) in [5, 5.41) is 0. The van der Waals surface area contributed by atoms with E-state index < -0.39 is 24.2 Å². The highest BCUT2D eigenvalue weighted by molar-refractivity contribution is 5.75. The average molecular weight is 403 g/mol. The number of nitrogens with two attached hydrogens (primary N) is 1. The fourth-order valence-electron chi connectivity index (χ4n) is 3.16. The molecule has 0 amide bonds. The van der Waals surface area contributed by atoms with Gasteiger partial charge in [0.1, 0.15) is 29.8 Å². The Morgan fingerprint density at radius 3 is 2.31 bits per heavy atom. The maximum Gasteiger partial charge on any atom is 0.323 e. The summed E-state index contributed by atoms with van der Waals surface area (Å²) >= 11 is 0. The molecule has 0 saturated carbocycles. The summed E-state index contributed by atoms with van der Waals surface area (Å²) in [5.41, 5.74) is 6.63. The van der Waals surface area contributed by atoms with E-state index in [0.717, 1.165) is 5.56 Å². The highest BCUT2D eigenvalue weighted by Gasteiger charge is 2.32. The Labute approximate surface area is 172 Å². The molecular formula is C23H30FNO4. The first-order chi connectivity index (χ1) is 13.9. The molecule has 2 rings (SSSR count). The van der Waals surface area contributed by atoms with E-state index in [1.807, 2.05) is 30.3 Å². The molecule has 2 N–H and O–H groups in total. The highest BCUT2D eigenvalue weighted by atomic mass is 19.1. The van der Waals surface area contributed by atoms with Crippen LogP contribution in [0.4, 0.5) is 4.39 Å². The molecule has 29 heavy (non-hydrogen) atoms. The largest absolute Gasteiger partial charge is 0.486 e. The first kappa shape index (κ1) is 22.8. The molecule has 0 aliphatic carbocycles. The SMILES string of the molecule is COCC[C@H](Cc1ccc(F)cc1)[C@@H](Oc1ccccc1)[C@H](C)OC(=O)[C@H](C)N. The van der Waals surface area contributed by atoms with Crippen molar-refractivity contribution in [3.8, 4) is 5.75 Å². The van der Waals surface area contributed by atoms with Crippen LogP contribution in [0.5, 0.6) is 5.75 Å². The fraction of sp³-hybridized carbons (Fsp3) is 0.435. The molecule has 0 heterocycles. The number of hydrogen-bond donors (Lipinski definition) is 1. The minimum atomic E-state index is -0.718. The molecule has 0 radical (unpaired) electrons. The van der Waals surface area contributed by atoms with Gasteiger partial charge in [-0.2, -0.15) is 0 Å². The van der Waals surface area contributed by atoms with Crippen LogP contribution in [0.15, 0.2) is 54.6 Å². The molecule has 6 heteroatoms. The zero-order valence-electron chi connectivity index (χ0n) is 17.2. The van der Waals surface area contributed by atoms with Gasteiger partial charge < -0.3 is 19.9 Å². The molecule has 0 spiro atoms. The Bertz CT molecular complexity index is 736. The van der Waals surface area contributed by atoms with Crippen LogP contribution in [-0.2, 0) is 20.7 Å². The van der Waals surface area contributed by atoms with Gasteiger partial charge in [-0.25, -0.2) is 4.39 Å². The van der Waals surface area contributed by atoms with Gasteiger partial charge in [-0.05, 0) is 56.5 Å². The number of para-hydroxylation sites is 1. The van der Waals surface area contributed by atoms with Gasteiger partial charge in [0.25, 0.3) is 0 Å². The molecule has 5 nitrogen and oxygen atoms in total. The van der Waals surface area contributed by atoms with Gasteiger partial charge in [-0.15, -0.1) is 0 Å². The molecule has 2 aromatic rings. The third-order valence-electron chi connectivity index (χ3n) is 4.72. The lowest BCUT2D eigenvalue weighted by molar-refractivity contribution is -0.155. The van der Waals surface area contributed by atoms with Crippen LogP contribution in [0.1, 0.15) is 25.8 Å². The number of methoxy groups -OCH3 is 1. The molecule has 0 fully saturated rings. The van der Waals surface area contributed by atoms with E-state index in [2.05, 4.69) is 0 Å². The summed E-state index contributed by atoms with van der Waals surface area (Å²) in [5.74, 6) is -0.107. The molecule has 0 aliphatic rings. The Hall–Kier alpha value is -2.44. The van der Waals surface area contributed by atoms with Crippen LogP contribution in [0.25, 0.3) is 0 Å². The predicted octanol–water partition coefficient (Wildman–Crippen LogP) is 3.75. The molecular weight excluding hydrogens is 373 g/mol. The van der Waals surface area contributed by atoms with E-state index in [-0.39, 0.29) is 11.7 Å². The van der Waals surface area contributed by atoms with Crippen molar-refractivity contribution in [2.45, 2.75) is 44.9 Å². The number of ether oxygens (including phenoxy) is 3. The minimum Gasteiger partial charge on any atom is -0.486 e. The summed E-state index contributed by atoms with van der Waals surface area (Å²) in [7, 11) is 1.64. The zero-order chi connectivity index (χ0) is 21.2. The number of hydrogen-bond acceptors (Lipinski definition) is 5. The fourth-order valence-corrected chi connectivity index (χ4v) is 3.16. The summed E-state index contributed by atoms with van der Waals surface area (Å²) in [6.07, 6.45) is 0.350. The van der Waals surface area contributed by atoms with Crippen molar-refractivity contribution in [3.63, 3.8) is 0 Å². The van der Waals surface area contributed by atoms with Gasteiger partial charge in [0.15, 0.2) is 0 Å². The number of benzene rings is 2. The van der Waals surface area contributed by atoms with Gasteiger partial charge in [-0.3, -0.25) is 4.79 Å². The lowest BCUT2D eigenvalue weighted by atomic mass is 9.88. The number of esters is 1. The number of rotatable bonds is 11. The summed E-state index contributed by atoms with van der Waals surface area (Å²) < 4.78 is 30.4. The van der Waals surface area contributed by atoms with E-state index in [9.17, 15) is 9.18 Å². The van der Waals surface area contributed by atoms with Crippen molar-refractivity contribution in [1.29, 1.82) is 0 Å². The van der Waals surface area contributed by atoms with E-state index in [4.69, 9.17) is 19.9 Å². The van der Waals surface area contributed by atoms with Gasteiger partial charge in [-0.1, -0.05) is 30.3 Å². The van der Waals surface area contributed by atoms with Gasteiger partial charge in [0, 0.05) is 19.6 Å². The second-order valence-corrected chi connectivity index (χ2v) is 7.20. The van der Waals surface area contributed by atoms with Crippen LogP contribution in [0.2, 0.25) is 0 Å². The molecule has 2 aromatic carbocycles. The van der Waals surface area contributed by atoms with E-state index in [1.165, 1.54) is 12.1 Å². The van der Waals surface area contributed by atoms with Crippen LogP contribution >= 0.6 is 0 Å². The van der Waals surface area contributed by atoms with E-state index >= 15 is 0 Å². The number of halogens is 1. The first-order valence-corrected chi connectivity index (χ1v) is 9.82. The van der Waals surface area contributed by atoms with Crippen molar-refractivity contribution in [1.82, 2.24) is 0 Å². The van der Waals surface area contributed by atoms with Crippen molar-refractivity contribution in [3.05, 3.63) is 66.0 Å².